The largest absolute Gasteiger partial charge is 0.366 e. The maximum Gasteiger partial charge on any atom is 0.227 e. The van der Waals surface area contributed by atoms with E-state index in [1.54, 1.807) is 0 Å². The van der Waals surface area contributed by atoms with Gasteiger partial charge in [0.2, 0.25) is 5.24 Å². The highest BCUT2D eigenvalue weighted by molar-refractivity contribution is 6.64. The average Bonchev–Trinajstić information content (AvgIpc) is 2.44. The topological polar surface area (TPSA) is 26.3 Å². The van der Waals surface area contributed by atoms with E-state index >= 15 is 0 Å². The van der Waals surface area contributed by atoms with Crippen LogP contribution in [0.25, 0.3) is 0 Å². The van der Waals surface area contributed by atoms with Gasteiger partial charge in [0.1, 0.15) is 0 Å². The first kappa shape index (κ1) is 6.38. The fraction of sp³-hybridized carbons (Fsp3) is 0.571. The Morgan fingerprint density at radius 2 is 2.40 bits per heavy atom. The number of fused-ring (bicyclic) bond motifs is 2. The molecule has 1 fully saturated rings. The molecular weight excluding hydrogens is 152 g/mol. The van der Waals surface area contributed by atoms with Crippen LogP contribution < -0.4 is 0 Å². The van der Waals surface area contributed by atoms with Crippen molar-refractivity contribution in [3.8, 4) is 0 Å². The molecule has 0 aliphatic carbocycles. The van der Waals surface area contributed by atoms with Crippen molar-refractivity contribution in [3.05, 3.63) is 12.2 Å². The summed E-state index contributed by atoms with van der Waals surface area (Å²) >= 11 is 5.33. The quantitative estimate of drug-likeness (QED) is 0.422. The third kappa shape index (κ3) is 0.796. The van der Waals surface area contributed by atoms with E-state index in [9.17, 15) is 4.79 Å². The minimum atomic E-state index is -0.267. The molecule has 1 saturated heterocycles. The summed E-state index contributed by atoms with van der Waals surface area (Å²) in [5.74, 6) is -0.0864. The van der Waals surface area contributed by atoms with Gasteiger partial charge in [-0.15, -0.1) is 0 Å². The van der Waals surface area contributed by atoms with Crippen LogP contribution in [0.15, 0.2) is 12.2 Å². The van der Waals surface area contributed by atoms with E-state index in [4.69, 9.17) is 16.3 Å². The summed E-state index contributed by atoms with van der Waals surface area (Å²) in [6, 6.07) is 0. The number of carbonyl (C=O) groups is 1. The van der Waals surface area contributed by atoms with E-state index in [0.717, 1.165) is 6.42 Å². The first-order chi connectivity index (χ1) is 4.77. The molecule has 2 aliphatic heterocycles. The molecule has 2 unspecified atom stereocenters. The molecule has 2 rings (SSSR count). The third-order valence-electron chi connectivity index (χ3n) is 2.02. The predicted octanol–water partition coefficient (Wildman–Crippen LogP) is 1.10. The van der Waals surface area contributed by atoms with Crippen molar-refractivity contribution in [1.29, 1.82) is 0 Å². The van der Waals surface area contributed by atoms with E-state index in [1.165, 1.54) is 0 Å². The fourth-order valence-corrected chi connectivity index (χ4v) is 1.71. The molecular formula is C7H7ClO2. The summed E-state index contributed by atoms with van der Waals surface area (Å²) in [5, 5.41) is -0.267. The molecule has 0 aromatic carbocycles. The monoisotopic (exact) mass is 158 g/mol. The summed E-state index contributed by atoms with van der Waals surface area (Å²) < 4.78 is 5.33. The standard InChI is InChI=1S/C7H7ClO2/c8-7(9)5-3-4-1-2-6(5)10-4/h1-2,4-6H,3H2/t4?,5-,6?/m1/s1. The Morgan fingerprint density at radius 3 is 2.70 bits per heavy atom. The van der Waals surface area contributed by atoms with Crippen molar-refractivity contribution in [2.24, 2.45) is 5.92 Å². The van der Waals surface area contributed by atoms with Crippen LogP contribution in [0.1, 0.15) is 6.42 Å². The molecule has 0 aromatic rings. The van der Waals surface area contributed by atoms with E-state index in [-0.39, 0.29) is 23.4 Å². The van der Waals surface area contributed by atoms with Gasteiger partial charge in [-0.1, -0.05) is 12.2 Å². The lowest BCUT2D eigenvalue weighted by molar-refractivity contribution is -0.115. The van der Waals surface area contributed by atoms with Gasteiger partial charge in [0, 0.05) is 0 Å². The first-order valence-corrected chi connectivity index (χ1v) is 3.68. The van der Waals surface area contributed by atoms with E-state index < -0.39 is 0 Å². The molecule has 0 spiro atoms. The van der Waals surface area contributed by atoms with Gasteiger partial charge in [0.15, 0.2) is 0 Å². The second-order valence-corrected chi connectivity index (χ2v) is 3.04. The smallest absolute Gasteiger partial charge is 0.227 e. The lowest BCUT2D eigenvalue weighted by atomic mass is 9.96. The molecule has 0 saturated carbocycles. The SMILES string of the molecule is O=C(Cl)[C@@H]1CC2C=CC1O2. The summed E-state index contributed by atoms with van der Waals surface area (Å²) in [7, 11) is 0. The number of ether oxygens (including phenoxy) is 1. The molecule has 54 valence electrons. The molecule has 0 amide bonds. The number of rotatable bonds is 1. The second-order valence-electron chi connectivity index (χ2n) is 2.67. The van der Waals surface area contributed by atoms with Crippen molar-refractivity contribution < 1.29 is 9.53 Å². The molecule has 0 aromatic heterocycles. The van der Waals surface area contributed by atoms with Gasteiger partial charge in [-0.05, 0) is 18.0 Å². The van der Waals surface area contributed by atoms with Gasteiger partial charge < -0.3 is 4.74 Å². The van der Waals surface area contributed by atoms with E-state index in [2.05, 4.69) is 0 Å². The van der Waals surface area contributed by atoms with Crippen LogP contribution in [-0.2, 0) is 9.53 Å². The molecule has 0 radical (unpaired) electrons. The zero-order valence-electron chi connectivity index (χ0n) is 5.29. The Balaban J connectivity index is 2.16. The van der Waals surface area contributed by atoms with Gasteiger partial charge in [-0.2, -0.15) is 0 Å². The van der Waals surface area contributed by atoms with Crippen LogP contribution >= 0.6 is 11.6 Å². The van der Waals surface area contributed by atoms with Crippen molar-refractivity contribution in [1.82, 2.24) is 0 Å². The van der Waals surface area contributed by atoms with E-state index in [0.29, 0.717) is 0 Å². The minimum absolute atomic E-state index is 0.0324. The highest BCUT2D eigenvalue weighted by Gasteiger charge is 2.40. The molecule has 0 N–H and O–H groups in total. The normalized spacial score (nSPS) is 42.7. The molecule has 2 aliphatic rings. The van der Waals surface area contributed by atoms with Crippen molar-refractivity contribution in [2.45, 2.75) is 18.6 Å². The fourth-order valence-electron chi connectivity index (χ4n) is 1.50. The Labute approximate surface area is 63.8 Å². The Kier molecular flexibility index (Phi) is 1.32. The zero-order valence-corrected chi connectivity index (χ0v) is 6.04. The van der Waals surface area contributed by atoms with Gasteiger partial charge >= 0.3 is 0 Å². The van der Waals surface area contributed by atoms with Gasteiger partial charge in [0.05, 0.1) is 18.1 Å². The number of hydrogen-bond donors (Lipinski definition) is 0. The minimum Gasteiger partial charge on any atom is -0.366 e. The molecule has 3 atom stereocenters. The summed E-state index contributed by atoms with van der Waals surface area (Å²) in [4.78, 5) is 10.7. The lowest BCUT2D eigenvalue weighted by Gasteiger charge is -2.08. The Morgan fingerprint density at radius 1 is 1.60 bits per heavy atom. The van der Waals surface area contributed by atoms with Crippen molar-refractivity contribution in [2.75, 3.05) is 0 Å². The van der Waals surface area contributed by atoms with Gasteiger partial charge in [0.25, 0.3) is 0 Å². The second kappa shape index (κ2) is 2.07. The Bertz CT molecular complexity index is 200. The number of halogens is 1. The zero-order chi connectivity index (χ0) is 7.14. The summed E-state index contributed by atoms with van der Waals surface area (Å²) in [6.07, 6.45) is 4.79. The van der Waals surface area contributed by atoms with Crippen molar-refractivity contribution in [3.63, 3.8) is 0 Å². The van der Waals surface area contributed by atoms with Crippen LogP contribution in [0.5, 0.6) is 0 Å². The average molecular weight is 159 g/mol. The maximum atomic E-state index is 10.7. The number of carbonyl (C=O) groups excluding carboxylic acids is 1. The Hall–Kier alpha value is -0.340. The van der Waals surface area contributed by atoms with Crippen LogP contribution in [0, 0.1) is 5.92 Å². The lowest BCUT2D eigenvalue weighted by Crippen LogP contribution is -2.18. The van der Waals surface area contributed by atoms with Gasteiger partial charge in [-0.3, -0.25) is 4.79 Å². The molecule has 2 bridgehead atoms. The van der Waals surface area contributed by atoms with Crippen LogP contribution in [0.2, 0.25) is 0 Å². The van der Waals surface area contributed by atoms with Crippen LogP contribution in [-0.4, -0.2) is 17.5 Å². The van der Waals surface area contributed by atoms with Crippen LogP contribution in [0.4, 0.5) is 0 Å². The molecule has 3 heteroatoms. The summed E-state index contributed by atoms with van der Waals surface area (Å²) in [5.41, 5.74) is 0. The van der Waals surface area contributed by atoms with Gasteiger partial charge in [-0.25, -0.2) is 0 Å². The van der Waals surface area contributed by atoms with Crippen LogP contribution in [0.3, 0.4) is 0 Å². The molecule has 2 nitrogen and oxygen atoms in total. The summed E-state index contributed by atoms with van der Waals surface area (Å²) in [6.45, 7) is 0. The number of hydrogen-bond acceptors (Lipinski definition) is 2. The highest BCUT2D eigenvalue weighted by Crippen LogP contribution is 2.34. The third-order valence-corrected chi connectivity index (χ3v) is 2.30. The predicted molar refractivity (Wildman–Crippen MR) is 36.8 cm³/mol. The van der Waals surface area contributed by atoms with Crippen molar-refractivity contribution >= 4 is 16.8 Å². The first-order valence-electron chi connectivity index (χ1n) is 3.30. The van der Waals surface area contributed by atoms with E-state index in [1.807, 2.05) is 12.2 Å². The highest BCUT2D eigenvalue weighted by atomic mass is 35.5. The molecule has 2 heterocycles. The maximum absolute atomic E-state index is 10.7. The molecule has 10 heavy (non-hydrogen) atoms.